The highest BCUT2D eigenvalue weighted by atomic mass is 16.5. The summed E-state index contributed by atoms with van der Waals surface area (Å²) in [5.41, 5.74) is 0.404. The van der Waals surface area contributed by atoms with Crippen LogP contribution in [0.3, 0.4) is 0 Å². The molecule has 6 rings (SSSR count). The zero-order valence-electron chi connectivity index (χ0n) is 21.3. The fraction of sp³-hybridized carbons (Fsp3) is 0.0333. The monoisotopic (exact) mass is 549 g/mol. The number of hydrogen-bond acceptors (Lipinski definition) is 8. The van der Waals surface area contributed by atoms with Crippen LogP contribution in [-0.2, 0) is 0 Å². The summed E-state index contributed by atoms with van der Waals surface area (Å²) in [6.07, 6.45) is 1.30. The predicted molar refractivity (Wildman–Crippen MR) is 149 cm³/mol. The van der Waals surface area contributed by atoms with Crippen LogP contribution in [0, 0.1) is 0 Å². The van der Waals surface area contributed by atoms with E-state index in [-0.39, 0.29) is 39.8 Å². The average molecular weight is 549 g/mol. The van der Waals surface area contributed by atoms with Gasteiger partial charge in [0.05, 0.1) is 40.7 Å². The number of hydrogen-bond donors (Lipinski definition) is 2. The highest BCUT2D eigenvalue weighted by Gasteiger charge is 2.18. The van der Waals surface area contributed by atoms with Gasteiger partial charge >= 0.3 is 11.9 Å². The smallest absolute Gasteiger partial charge is 0.335 e. The van der Waals surface area contributed by atoms with Gasteiger partial charge in [0, 0.05) is 5.56 Å². The van der Waals surface area contributed by atoms with Gasteiger partial charge in [-0.1, -0.05) is 18.2 Å². The van der Waals surface area contributed by atoms with Gasteiger partial charge < -0.3 is 23.8 Å². The molecule has 6 aromatic rings. The quantitative estimate of drug-likeness (QED) is 0.250. The van der Waals surface area contributed by atoms with Gasteiger partial charge in [0.15, 0.2) is 5.76 Å². The van der Waals surface area contributed by atoms with Gasteiger partial charge in [0.2, 0.25) is 5.82 Å². The minimum Gasteiger partial charge on any atom is -0.496 e. The first-order valence-corrected chi connectivity index (χ1v) is 12.2. The third-order valence-electron chi connectivity index (χ3n) is 6.35. The topological polar surface area (TPSA) is 157 Å². The van der Waals surface area contributed by atoms with Gasteiger partial charge in [-0.3, -0.25) is 4.79 Å². The molecule has 0 aliphatic heterocycles. The normalized spacial score (nSPS) is 11.4. The molecule has 11 heteroatoms. The van der Waals surface area contributed by atoms with Crippen LogP contribution in [0.15, 0.2) is 97.6 Å². The Labute approximate surface area is 230 Å². The number of para-hydroxylation sites is 1. The number of carboxylic acids is 2. The van der Waals surface area contributed by atoms with Crippen LogP contribution in [0.5, 0.6) is 5.75 Å². The first-order valence-electron chi connectivity index (χ1n) is 12.2. The minimum atomic E-state index is -1.28. The molecule has 202 valence electrons. The largest absolute Gasteiger partial charge is 0.496 e. The summed E-state index contributed by atoms with van der Waals surface area (Å²) in [5.74, 6) is -1.09. The molecule has 0 radical (unpaired) electrons. The summed E-state index contributed by atoms with van der Waals surface area (Å²) in [6.45, 7) is 0. The van der Waals surface area contributed by atoms with Crippen molar-refractivity contribution in [1.82, 2.24) is 9.66 Å². The molecule has 0 bridgehead atoms. The van der Waals surface area contributed by atoms with E-state index in [1.165, 1.54) is 18.3 Å². The van der Waals surface area contributed by atoms with Crippen molar-refractivity contribution in [2.24, 2.45) is 5.10 Å². The molecule has 2 N–H and O–H groups in total. The maximum atomic E-state index is 13.5. The third-order valence-corrected chi connectivity index (χ3v) is 6.35. The van der Waals surface area contributed by atoms with Gasteiger partial charge in [0.1, 0.15) is 22.9 Å². The summed E-state index contributed by atoms with van der Waals surface area (Å²) in [5, 5.41) is 24.2. The van der Waals surface area contributed by atoms with E-state index < -0.39 is 17.5 Å². The third kappa shape index (κ3) is 4.61. The van der Waals surface area contributed by atoms with Gasteiger partial charge in [0.25, 0.3) is 5.56 Å². The Morgan fingerprint density at radius 2 is 1.63 bits per heavy atom. The zero-order chi connectivity index (χ0) is 28.7. The second kappa shape index (κ2) is 9.97. The molecule has 41 heavy (non-hydrogen) atoms. The van der Waals surface area contributed by atoms with Crippen LogP contribution >= 0.6 is 0 Å². The maximum Gasteiger partial charge on any atom is 0.335 e. The number of carboxylic acid groups (broad SMARTS) is 2. The number of fused-ring (bicyclic) bond motifs is 2. The van der Waals surface area contributed by atoms with Crippen molar-refractivity contribution in [2.45, 2.75) is 0 Å². The lowest BCUT2D eigenvalue weighted by molar-refractivity contribution is 0.0696. The van der Waals surface area contributed by atoms with E-state index in [2.05, 4.69) is 10.1 Å². The van der Waals surface area contributed by atoms with E-state index in [4.69, 9.17) is 13.6 Å². The van der Waals surface area contributed by atoms with Crippen LogP contribution in [0.4, 0.5) is 0 Å². The lowest BCUT2D eigenvalue weighted by Gasteiger charge is -2.07. The number of aromatic carboxylic acids is 2. The molecule has 3 heterocycles. The van der Waals surface area contributed by atoms with E-state index in [9.17, 15) is 24.6 Å². The number of benzene rings is 3. The van der Waals surface area contributed by atoms with Gasteiger partial charge in [-0.05, 0) is 60.7 Å². The Kier molecular flexibility index (Phi) is 6.15. The first-order chi connectivity index (χ1) is 19.8. The summed E-state index contributed by atoms with van der Waals surface area (Å²) in [7, 11) is 1.55. The molecule has 0 saturated carbocycles. The Morgan fingerprint density at radius 3 is 2.37 bits per heavy atom. The van der Waals surface area contributed by atoms with Gasteiger partial charge in [-0.2, -0.15) is 9.78 Å². The predicted octanol–water partition coefficient (Wildman–Crippen LogP) is 5.36. The van der Waals surface area contributed by atoms with Crippen LogP contribution in [0.2, 0.25) is 0 Å². The molecule has 3 aromatic carbocycles. The number of carbonyl (C=O) groups is 2. The zero-order valence-corrected chi connectivity index (χ0v) is 21.3. The van der Waals surface area contributed by atoms with Crippen LogP contribution in [-0.4, -0.2) is 45.1 Å². The van der Waals surface area contributed by atoms with Crippen LogP contribution in [0.1, 0.15) is 26.5 Å². The summed E-state index contributed by atoms with van der Waals surface area (Å²) < 4.78 is 18.4. The molecule has 0 unspecified atom stereocenters. The van der Waals surface area contributed by atoms with E-state index in [1.807, 2.05) is 0 Å². The van der Waals surface area contributed by atoms with Crippen molar-refractivity contribution in [3.8, 4) is 28.7 Å². The fourth-order valence-corrected chi connectivity index (χ4v) is 4.42. The number of nitrogens with zero attached hydrogens (tertiary/aromatic N) is 3. The Hall–Kier alpha value is -5.97. The molecule has 0 aliphatic carbocycles. The Balaban J connectivity index is 1.45. The summed E-state index contributed by atoms with van der Waals surface area (Å²) in [6, 6.07) is 20.7. The number of methoxy groups -OCH3 is 1. The van der Waals surface area contributed by atoms with E-state index in [0.717, 1.165) is 10.7 Å². The maximum absolute atomic E-state index is 13.5. The molecule has 0 spiro atoms. The lowest BCUT2D eigenvalue weighted by Crippen LogP contribution is -2.20. The standard InChI is InChI=1S/C30H19N3O8/c1-39-24-7-4-8-25-21(24)14-26(41-25)27-32-22-6-3-2-5-20(22)28(34)33(27)31-15-19-9-10-23(40-19)16-11-17(29(35)36)13-18(12-16)30(37)38/h2-15H,1H3,(H,35,36)(H,37,38). The highest BCUT2D eigenvalue weighted by molar-refractivity contribution is 5.96. The van der Waals surface area contributed by atoms with E-state index in [1.54, 1.807) is 67.8 Å². The van der Waals surface area contributed by atoms with Crippen molar-refractivity contribution in [3.05, 3.63) is 106 Å². The molecule has 3 aromatic heterocycles. The van der Waals surface area contributed by atoms with Crippen molar-refractivity contribution >= 4 is 40.0 Å². The number of furan rings is 2. The second-order valence-corrected chi connectivity index (χ2v) is 8.91. The molecule has 0 atom stereocenters. The fourth-order valence-electron chi connectivity index (χ4n) is 4.42. The first kappa shape index (κ1) is 25.3. The minimum absolute atomic E-state index is 0.148. The molecule has 11 nitrogen and oxygen atoms in total. The van der Waals surface area contributed by atoms with Gasteiger partial charge in [-0.15, -0.1) is 0 Å². The number of aromatic nitrogens is 2. The molecular formula is C30H19N3O8. The van der Waals surface area contributed by atoms with E-state index in [0.29, 0.717) is 27.6 Å². The highest BCUT2D eigenvalue weighted by Crippen LogP contribution is 2.33. The van der Waals surface area contributed by atoms with Crippen molar-refractivity contribution < 1.29 is 33.4 Å². The number of ether oxygens (including phenoxy) is 1. The number of rotatable bonds is 7. The van der Waals surface area contributed by atoms with Crippen molar-refractivity contribution in [1.29, 1.82) is 0 Å². The lowest BCUT2D eigenvalue weighted by atomic mass is 10.0. The Morgan fingerprint density at radius 1 is 0.878 bits per heavy atom. The van der Waals surface area contributed by atoms with Crippen molar-refractivity contribution in [2.75, 3.05) is 7.11 Å². The molecular weight excluding hydrogens is 530 g/mol. The molecule has 0 fully saturated rings. The summed E-state index contributed by atoms with van der Waals surface area (Å²) >= 11 is 0. The second-order valence-electron chi connectivity index (χ2n) is 8.91. The van der Waals surface area contributed by atoms with Gasteiger partial charge in [-0.25, -0.2) is 14.6 Å². The molecule has 0 aliphatic rings. The van der Waals surface area contributed by atoms with Crippen LogP contribution < -0.4 is 10.3 Å². The van der Waals surface area contributed by atoms with Crippen molar-refractivity contribution in [3.63, 3.8) is 0 Å². The van der Waals surface area contributed by atoms with Crippen LogP contribution in [0.25, 0.3) is 44.8 Å². The average Bonchev–Trinajstić information content (AvgIpc) is 3.64. The Bertz CT molecular complexity index is 2050. The SMILES string of the molecule is COc1cccc2oc(-c3nc4ccccc4c(=O)n3N=Cc3ccc(-c4cc(C(=O)O)cc(C(=O)O)c4)o3)cc12. The summed E-state index contributed by atoms with van der Waals surface area (Å²) in [4.78, 5) is 41.1. The molecule has 0 amide bonds. The van der Waals surface area contributed by atoms with E-state index >= 15 is 0 Å². The molecule has 0 saturated heterocycles.